The van der Waals surface area contributed by atoms with Crippen LogP contribution in [0.1, 0.15) is 16.8 Å². The molecule has 2 aromatic rings. The van der Waals surface area contributed by atoms with Crippen LogP contribution in [0.2, 0.25) is 0 Å². The van der Waals surface area contributed by atoms with Crippen LogP contribution in [0, 0.1) is 0 Å². The molecular formula is C16H14F4N2O4. The monoisotopic (exact) mass is 374 g/mol. The van der Waals surface area contributed by atoms with Gasteiger partial charge in [-0.15, -0.1) is 0 Å². The van der Waals surface area contributed by atoms with E-state index < -0.39 is 37.5 Å². The molecule has 0 fully saturated rings. The normalized spacial score (nSPS) is 11.1. The first-order valence-corrected chi connectivity index (χ1v) is 7.31. The summed E-state index contributed by atoms with van der Waals surface area (Å²) in [5.41, 5.74) is -0.464. The molecule has 0 saturated carbocycles. The van der Waals surface area contributed by atoms with Gasteiger partial charge in [-0.25, -0.2) is 4.39 Å². The Morgan fingerprint density at radius 2 is 1.92 bits per heavy atom. The SMILES string of the molecule is O=C(Nc1cc[nH]c(=O)c1)c1cc(OCF)ccc1OCCC(F)(F)F. The number of carbonyl (C=O) groups excluding carboxylic acids is 1. The first-order chi connectivity index (χ1) is 12.3. The van der Waals surface area contributed by atoms with Crippen LogP contribution in [0.15, 0.2) is 41.3 Å². The molecule has 0 spiro atoms. The molecule has 6 nitrogen and oxygen atoms in total. The van der Waals surface area contributed by atoms with Crippen molar-refractivity contribution >= 4 is 11.6 Å². The molecule has 1 aromatic heterocycles. The van der Waals surface area contributed by atoms with Gasteiger partial charge in [-0.1, -0.05) is 0 Å². The Morgan fingerprint density at radius 3 is 2.58 bits per heavy atom. The van der Waals surface area contributed by atoms with Crippen molar-refractivity contribution in [3.63, 3.8) is 0 Å². The van der Waals surface area contributed by atoms with Crippen LogP contribution in [0.5, 0.6) is 11.5 Å². The maximum absolute atomic E-state index is 12.4. The molecule has 0 saturated heterocycles. The molecule has 1 heterocycles. The van der Waals surface area contributed by atoms with Gasteiger partial charge in [0.25, 0.3) is 5.91 Å². The van der Waals surface area contributed by atoms with E-state index in [1.165, 1.54) is 24.4 Å². The Morgan fingerprint density at radius 1 is 1.15 bits per heavy atom. The van der Waals surface area contributed by atoms with Crippen LogP contribution < -0.4 is 20.3 Å². The second kappa shape index (κ2) is 8.37. The second-order valence-electron chi connectivity index (χ2n) is 5.02. The van der Waals surface area contributed by atoms with E-state index in [0.29, 0.717) is 0 Å². The summed E-state index contributed by atoms with van der Waals surface area (Å²) in [5.74, 6) is -0.906. The largest absolute Gasteiger partial charge is 0.492 e. The summed E-state index contributed by atoms with van der Waals surface area (Å²) in [4.78, 5) is 26.0. The molecule has 2 N–H and O–H groups in total. The molecule has 0 aliphatic rings. The van der Waals surface area contributed by atoms with Gasteiger partial charge in [0.05, 0.1) is 18.6 Å². The summed E-state index contributed by atoms with van der Waals surface area (Å²) >= 11 is 0. The summed E-state index contributed by atoms with van der Waals surface area (Å²) in [6, 6.07) is 6.11. The molecule has 1 amide bonds. The summed E-state index contributed by atoms with van der Waals surface area (Å²) in [5, 5.41) is 2.40. The number of amides is 1. The number of hydrogen-bond donors (Lipinski definition) is 2. The lowest BCUT2D eigenvalue weighted by Gasteiger charge is -2.14. The van der Waals surface area contributed by atoms with Crippen molar-refractivity contribution in [3.8, 4) is 11.5 Å². The number of anilines is 1. The minimum Gasteiger partial charge on any atom is -0.492 e. The van der Waals surface area contributed by atoms with Gasteiger partial charge < -0.3 is 19.8 Å². The summed E-state index contributed by atoms with van der Waals surface area (Å²) in [6.45, 7) is -1.85. The summed E-state index contributed by atoms with van der Waals surface area (Å²) < 4.78 is 58.8. The number of nitrogens with one attached hydrogen (secondary N) is 2. The lowest BCUT2D eigenvalue weighted by atomic mass is 10.1. The highest BCUT2D eigenvalue weighted by Gasteiger charge is 2.27. The molecular weight excluding hydrogens is 360 g/mol. The number of benzene rings is 1. The van der Waals surface area contributed by atoms with E-state index >= 15 is 0 Å². The minimum absolute atomic E-state index is 0.00766. The van der Waals surface area contributed by atoms with Crippen molar-refractivity contribution in [2.45, 2.75) is 12.6 Å². The third-order valence-electron chi connectivity index (χ3n) is 3.09. The number of pyridine rings is 1. The fraction of sp³-hybridized carbons (Fsp3) is 0.250. The molecule has 2 rings (SSSR count). The van der Waals surface area contributed by atoms with Crippen molar-refractivity contribution in [1.29, 1.82) is 0 Å². The lowest BCUT2D eigenvalue weighted by molar-refractivity contribution is -0.139. The van der Waals surface area contributed by atoms with Crippen molar-refractivity contribution < 1.29 is 31.8 Å². The number of aromatic nitrogens is 1. The van der Waals surface area contributed by atoms with E-state index in [1.54, 1.807) is 0 Å². The zero-order valence-electron chi connectivity index (χ0n) is 13.2. The topological polar surface area (TPSA) is 80.4 Å². The lowest BCUT2D eigenvalue weighted by Crippen LogP contribution is -2.17. The van der Waals surface area contributed by atoms with Crippen molar-refractivity contribution in [1.82, 2.24) is 4.98 Å². The third-order valence-corrected chi connectivity index (χ3v) is 3.09. The Balaban J connectivity index is 2.22. The van der Waals surface area contributed by atoms with Gasteiger partial charge in [0.15, 0.2) is 0 Å². The first kappa shape index (κ1) is 19.3. The van der Waals surface area contributed by atoms with E-state index in [4.69, 9.17) is 4.74 Å². The molecule has 1 aromatic carbocycles. The molecule has 0 bridgehead atoms. The molecule has 0 aliphatic carbocycles. The molecule has 10 heteroatoms. The zero-order chi connectivity index (χ0) is 19.2. The number of H-pyrrole nitrogens is 1. The molecule has 0 radical (unpaired) electrons. The first-order valence-electron chi connectivity index (χ1n) is 7.31. The predicted molar refractivity (Wildman–Crippen MR) is 84.2 cm³/mol. The zero-order valence-corrected chi connectivity index (χ0v) is 13.2. The highest BCUT2D eigenvalue weighted by molar-refractivity contribution is 6.06. The molecule has 0 aliphatic heterocycles. The fourth-order valence-electron chi connectivity index (χ4n) is 1.96. The van der Waals surface area contributed by atoms with Crippen LogP contribution in [-0.4, -0.2) is 30.5 Å². The number of halogens is 4. The number of alkyl halides is 4. The number of ether oxygens (including phenoxy) is 2. The van der Waals surface area contributed by atoms with E-state index in [-0.39, 0.29) is 22.7 Å². The number of aromatic amines is 1. The van der Waals surface area contributed by atoms with Crippen LogP contribution in [0.3, 0.4) is 0 Å². The van der Waals surface area contributed by atoms with Gasteiger partial charge in [-0.05, 0) is 24.3 Å². The highest BCUT2D eigenvalue weighted by atomic mass is 19.4. The van der Waals surface area contributed by atoms with Crippen molar-refractivity contribution in [2.24, 2.45) is 0 Å². The second-order valence-corrected chi connectivity index (χ2v) is 5.02. The smallest absolute Gasteiger partial charge is 0.392 e. The summed E-state index contributed by atoms with van der Waals surface area (Å²) in [6.07, 6.45) is -4.31. The van der Waals surface area contributed by atoms with E-state index in [0.717, 1.165) is 12.1 Å². The average Bonchev–Trinajstić information content (AvgIpc) is 2.55. The van der Waals surface area contributed by atoms with Crippen LogP contribution in [0.4, 0.5) is 23.2 Å². The van der Waals surface area contributed by atoms with E-state index in [1.807, 2.05) is 0 Å². The number of carbonyl (C=O) groups is 1. The van der Waals surface area contributed by atoms with Gasteiger partial charge in [0.2, 0.25) is 12.4 Å². The van der Waals surface area contributed by atoms with Gasteiger partial charge >= 0.3 is 6.18 Å². The van der Waals surface area contributed by atoms with Crippen molar-refractivity contribution in [2.75, 3.05) is 18.8 Å². The summed E-state index contributed by atoms with van der Waals surface area (Å²) in [7, 11) is 0. The van der Waals surface area contributed by atoms with Crippen LogP contribution in [-0.2, 0) is 0 Å². The maximum atomic E-state index is 12.4. The third kappa shape index (κ3) is 5.80. The average molecular weight is 374 g/mol. The predicted octanol–water partition coefficient (Wildman–Crippen LogP) is 3.26. The Labute approximate surface area is 144 Å². The van der Waals surface area contributed by atoms with Crippen molar-refractivity contribution in [3.05, 3.63) is 52.4 Å². The molecule has 140 valence electrons. The minimum atomic E-state index is -4.41. The Bertz CT molecular complexity index is 820. The van der Waals surface area contributed by atoms with Gasteiger partial charge in [0.1, 0.15) is 11.5 Å². The van der Waals surface area contributed by atoms with Crippen LogP contribution in [0.25, 0.3) is 0 Å². The van der Waals surface area contributed by atoms with Crippen LogP contribution >= 0.6 is 0 Å². The van der Waals surface area contributed by atoms with E-state index in [2.05, 4.69) is 15.0 Å². The Hall–Kier alpha value is -3.04. The van der Waals surface area contributed by atoms with Gasteiger partial charge in [-0.3, -0.25) is 9.59 Å². The number of rotatable bonds is 7. The fourth-order valence-corrected chi connectivity index (χ4v) is 1.96. The highest BCUT2D eigenvalue weighted by Crippen LogP contribution is 2.27. The molecule has 26 heavy (non-hydrogen) atoms. The van der Waals surface area contributed by atoms with Gasteiger partial charge in [0, 0.05) is 18.0 Å². The van der Waals surface area contributed by atoms with E-state index in [9.17, 15) is 27.2 Å². The Kier molecular flexibility index (Phi) is 6.21. The number of hydrogen-bond acceptors (Lipinski definition) is 4. The molecule has 0 unspecified atom stereocenters. The van der Waals surface area contributed by atoms with Gasteiger partial charge in [-0.2, -0.15) is 13.2 Å². The maximum Gasteiger partial charge on any atom is 0.392 e. The quantitative estimate of drug-likeness (QED) is 0.729. The molecule has 0 atom stereocenters. The standard InChI is InChI=1S/C16H14F4N2O4/c17-9-26-11-1-2-13(25-6-4-16(18,19)20)12(8-11)15(24)22-10-3-5-21-14(23)7-10/h1-3,5,7-8H,4,6,9H2,(H2,21,22,23,24).